The molecular weight excluding hydrogens is 254 g/mol. The third-order valence-corrected chi connectivity index (χ3v) is 4.48. The van der Waals surface area contributed by atoms with Crippen molar-refractivity contribution in [1.29, 1.82) is 0 Å². The maximum Gasteiger partial charge on any atom is 0.249 e. The van der Waals surface area contributed by atoms with Crippen molar-refractivity contribution in [3.05, 3.63) is 29.3 Å². The Labute approximate surface area is 107 Å². The van der Waals surface area contributed by atoms with Gasteiger partial charge in [0.2, 0.25) is 15.9 Å². The predicted molar refractivity (Wildman–Crippen MR) is 68.6 cm³/mol. The predicted octanol–water partition coefficient (Wildman–Crippen LogP) is -0.327. The second-order valence-corrected chi connectivity index (χ2v) is 6.00. The van der Waals surface area contributed by atoms with E-state index in [2.05, 4.69) is 0 Å². The van der Waals surface area contributed by atoms with Gasteiger partial charge in [-0.15, -0.1) is 0 Å². The van der Waals surface area contributed by atoms with Crippen molar-refractivity contribution in [3.63, 3.8) is 0 Å². The summed E-state index contributed by atoms with van der Waals surface area (Å²) in [5.41, 5.74) is 11.4. The van der Waals surface area contributed by atoms with Crippen LogP contribution in [0.5, 0.6) is 0 Å². The van der Waals surface area contributed by atoms with Crippen LogP contribution >= 0.6 is 0 Å². The molecule has 100 valence electrons. The summed E-state index contributed by atoms with van der Waals surface area (Å²) in [6.45, 7) is 2.13. The molecule has 0 aliphatic rings. The molecule has 0 radical (unpaired) electrons. The number of hydrogen-bond acceptors (Lipinski definition) is 4. The molecule has 4 N–H and O–H groups in total. The van der Waals surface area contributed by atoms with Crippen LogP contribution in [0.4, 0.5) is 0 Å². The van der Waals surface area contributed by atoms with E-state index in [1.165, 1.54) is 19.2 Å². The van der Waals surface area contributed by atoms with Crippen LogP contribution in [-0.2, 0) is 10.0 Å². The Kier molecular flexibility index (Phi) is 4.44. The minimum absolute atomic E-state index is 0.0397. The standard InChI is InChI=1S/C11H17N3O3S/c1-8-3-4-9(7-10(8)11(13)15)18(16,17)14(2)6-5-12/h3-4,7H,5-6,12H2,1-2H3,(H2,13,15). The summed E-state index contributed by atoms with van der Waals surface area (Å²) in [5, 5.41) is 0. The number of sulfonamides is 1. The van der Waals surface area contributed by atoms with Crippen molar-refractivity contribution in [1.82, 2.24) is 4.31 Å². The SMILES string of the molecule is Cc1ccc(S(=O)(=O)N(C)CCN)cc1C(N)=O. The maximum absolute atomic E-state index is 12.1. The fourth-order valence-electron chi connectivity index (χ4n) is 1.51. The van der Waals surface area contributed by atoms with Crippen LogP contribution in [0.25, 0.3) is 0 Å². The Hall–Kier alpha value is -1.44. The number of primary amides is 1. The number of carbonyl (C=O) groups excluding carboxylic acids is 1. The third-order valence-electron chi connectivity index (χ3n) is 2.63. The molecular formula is C11H17N3O3S. The largest absolute Gasteiger partial charge is 0.366 e. The summed E-state index contributed by atoms with van der Waals surface area (Å²) in [6, 6.07) is 4.30. The number of nitrogens with zero attached hydrogens (tertiary/aromatic N) is 1. The molecule has 0 aliphatic carbocycles. The highest BCUT2D eigenvalue weighted by atomic mass is 32.2. The maximum atomic E-state index is 12.1. The molecule has 0 atom stereocenters. The highest BCUT2D eigenvalue weighted by molar-refractivity contribution is 7.89. The summed E-state index contributed by atoms with van der Waals surface area (Å²) in [7, 11) is -2.19. The Balaban J connectivity index is 3.26. The first-order chi connectivity index (χ1) is 8.30. The zero-order chi connectivity index (χ0) is 13.9. The number of aryl methyl sites for hydroxylation is 1. The van der Waals surface area contributed by atoms with E-state index in [0.29, 0.717) is 5.56 Å². The van der Waals surface area contributed by atoms with E-state index in [1.54, 1.807) is 13.0 Å². The van der Waals surface area contributed by atoms with Gasteiger partial charge in [0.1, 0.15) is 0 Å². The van der Waals surface area contributed by atoms with Crippen LogP contribution in [0.2, 0.25) is 0 Å². The molecule has 0 bridgehead atoms. The van der Waals surface area contributed by atoms with Gasteiger partial charge >= 0.3 is 0 Å². The summed E-state index contributed by atoms with van der Waals surface area (Å²) in [4.78, 5) is 11.2. The van der Waals surface area contributed by atoms with Crippen molar-refractivity contribution < 1.29 is 13.2 Å². The first-order valence-corrected chi connectivity index (χ1v) is 6.81. The number of carbonyl (C=O) groups is 1. The summed E-state index contributed by atoms with van der Waals surface area (Å²) < 4.78 is 25.4. The first kappa shape index (κ1) is 14.6. The van der Waals surface area contributed by atoms with E-state index in [0.717, 1.165) is 4.31 Å². The van der Waals surface area contributed by atoms with Gasteiger partial charge < -0.3 is 11.5 Å². The Morgan fingerprint density at radius 1 is 1.39 bits per heavy atom. The van der Waals surface area contributed by atoms with Crippen LogP contribution in [0.15, 0.2) is 23.1 Å². The van der Waals surface area contributed by atoms with Crippen LogP contribution in [-0.4, -0.2) is 38.8 Å². The molecule has 7 heteroatoms. The monoisotopic (exact) mass is 271 g/mol. The normalized spacial score (nSPS) is 11.8. The Morgan fingerprint density at radius 2 is 2.00 bits per heavy atom. The second-order valence-electron chi connectivity index (χ2n) is 3.96. The number of benzene rings is 1. The minimum Gasteiger partial charge on any atom is -0.366 e. The molecule has 0 heterocycles. The van der Waals surface area contributed by atoms with Crippen molar-refractivity contribution in [2.45, 2.75) is 11.8 Å². The lowest BCUT2D eigenvalue weighted by Crippen LogP contribution is -2.32. The van der Waals surface area contributed by atoms with Gasteiger partial charge in [0.15, 0.2) is 0 Å². The second kappa shape index (κ2) is 5.47. The lowest BCUT2D eigenvalue weighted by atomic mass is 10.1. The smallest absolute Gasteiger partial charge is 0.249 e. The van der Waals surface area contributed by atoms with Crippen LogP contribution in [0.1, 0.15) is 15.9 Å². The van der Waals surface area contributed by atoms with Gasteiger partial charge in [-0.2, -0.15) is 4.31 Å². The summed E-state index contributed by atoms with van der Waals surface area (Å²) >= 11 is 0. The van der Waals surface area contributed by atoms with Crippen molar-refractivity contribution in [3.8, 4) is 0 Å². The number of likely N-dealkylation sites (N-methyl/N-ethyl adjacent to an activating group) is 1. The van der Waals surface area contributed by atoms with Gasteiger partial charge in [-0.1, -0.05) is 6.07 Å². The van der Waals surface area contributed by atoms with E-state index in [1.807, 2.05) is 0 Å². The fourth-order valence-corrected chi connectivity index (χ4v) is 2.72. The van der Waals surface area contributed by atoms with Crippen molar-refractivity contribution >= 4 is 15.9 Å². The van der Waals surface area contributed by atoms with Crippen LogP contribution in [0.3, 0.4) is 0 Å². The van der Waals surface area contributed by atoms with Gasteiger partial charge in [-0.25, -0.2) is 8.42 Å². The van der Waals surface area contributed by atoms with Crippen LogP contribution in [0, 0.1) is 6.92 Å². The average molecular weight is 271 g/mol. The molecule has 18 heavy (non-hydrogen) atoms. The number of nitrogens with two attached hydrogens (primary N) is 2. The highest BCUT2D eigenvalue weighted by Gasteiger charge is 2.21. The molecule has 6 nitrogen and oxygen atoms in total. The zero-order valence-corrected chi connectivity index (χ0v) is 11.2. The summed E-state index contributed by atoms with van der Waals surface area (Å²) in [5.74, 6) is -0.647. The van der Waals surface area contributed by atoms with Gasteiger partial charge in [-0.05, 0) is 24.6 Å². The number of amides is 1. The van der Waals surface area contributed by atoms with Gasteiger partial charge in [0.25, 0.3) is 0 Å². The van der Waals surface area contributed by atoms with Crippen LogP contribution < -0.4 is 11.5 Å². The Bertz CT molecular complexity index is 555. The molecule has 0 spiro atoms. The van der Waals surface area contributed by atoms with E-state index in [4.69, 9.17) is 11.5 Å². The molecule has 0 fully saturated rings. The lowest BCUT2D eigenvalue weighted by Gasteiger charge is -2.16. The van der Waals surface area contributed by atoms with Crippen molar-refractivity contribution in [2.75, 3.05) is 20.1 Å². The minimum atomic E-state index is -3.63. The quantitative estimate of drug-likeness (QED) is 0.764. The average Bonchev–Trinajstić information content (AvgIpc) is 2.29. The van der Waals surface area contributed by atoms with E-state index in [-0.39, 0.29) is 23.5 Å². The van der Waals surface area contributed by atoms with Crippen molar-refractivity contribution in [2.24, 2.45) is 11.5 Å². The molecule has 0 saturated heterocycles. The summed E-state index contributed by atoms with van der Waals surface area (Å²) in [6.07, 6.45) is 0. The van der Waals surface area contributed by atoms with E-state index >= 15 is 0 Å². The van der Waals surface area contributed by atoms with Gasteiger partial charge in [0, 0.05) is 25.7 Å². The number of hydrogen-bond donors (Lipinski definition) is 2. The number of rotatable bonds is 5. The van der Waals surface area contributed by atoms with Gasteiger partial charge in [0.05, 0.1) is 4.90 Å². The first-order valence-electron chi connectivity index (χ1n) is 5.37. The van der Waals surface area contributed by atoms with Gasteiger partial charge in [-0.3, -0.25) is 4.79 Å². The molecule has 0 aliphatic heterocycles. The molecule has 1 aromatic rings. The Morgan fingerprint density at radius 3 is 2.50 bits per heavy atom. The topological polar surface area (TPSA) is 106 Å². The van der Waals surface area contributed by atoms with E-state index in [9.17, 15) is 13.2 Å². The lowest BCUT2D eigenvalue weighted by molar-refractivity contribution is 0.0999. The zero-order valence-electron chi connectivity index (χ0n) is 10.4. The molecule has 0 aromatic heterocycles. The fraction of sp³-hybridized carbons (Fsp3) is 0.364. The highest BCUT2D eigenvalue weighted by Crippen LogP contribution is 2.18. The molecule has 1 rings (SSSR count). The molecule has 1 aromatic carbocycles. The third kappa shape index (κ3) is 2.87. The van der Waals surface area contributed by atoms with E-state index < -0.39 is 15.9 Å². The molecule has 0 unspecified atom stereocenters. The molecule has 1 amide bonds. The molecule has 0 saturated carbocycles.